The summed E-state index contributed by atoms with van der Waals surface area (Å²) < 4.78 is 21.8. The first-order chi connectivity index (χ1) is 15.4. The smallest absolute Gasteiger partial charge is 0.353 e. The lowest BCUT2D eigenvalue weighted by molar-refractivity contribution is 0.0687. The van der Waals surface area contributed by atoms with Crippen LogP contribution in [0.1, 0.15) is 21.6 Å². The first kappa shape index (κ1) is 19.6. The number of rotatable bonds is 4. The van der Waals surface area contributed by atoms with Crippen molar-refractivity contribution in [2.75, 3.05) is 0 Å². The summed E-state index contributed by atoms with van der Waals surface area (Å²) in [5, 5.41) is 10.7. The number of furan rings is 1. The average Bonchev–Trinajstić information content (AvgIpc) is 3.35. The summed E-state index contributed by atoms with van der Waals surface area (Å²) in [6.07, 6.45) is 4.27. The third-order valence-corrected chi connectivity index (χ3v) is 5.58. The number of nitrogens with zero attached hydrogens (tertiary/aromatic N) is 1. The average molecular weight is 433 g/mol. The van der Waals surface area contributed by atoms with Crippen LogP contribution < -0.4 is 11.1 Å². The molecule has 0 spiro atoms. The Balaban J connectivity index is 1.97. The first-order valence-electron chi connectivity index (χ1n) is 9.68. The molecule has 0 aliphatic rings. The maximum atomic E-state index is 14.9. The summed E-state index contributed by atoms with van der Waals surface area (Å²) in [6.45, 7) is 1.75. The zero-order chi connectivity index (χ0) is 22.6. The Kier molecular flexibility index (Phi) is 4.33. The van der Waals surface area contributed by atoms with Crippen LogP contribution in [0.4, 0.5) is 4.39 Å². The molecule has 0 saturated heterocycles. The Bertz CT molecular complexity index is 1650. The van der Waals surface area contributed by atoms with Crippen LogP contribution in [-0.2, 0) is 6.54 Å². The van der Waals surface area contributed by atoms with E-state index in [2.05, 4.69) is 9.97 Å². The zero-order valence-electron chi connectivity index (χ0n) is 16.7. The second-order valence-corrected chi connectivity index (χ2v) is 7.45. The van der Waals surface area contributed by atoms with Crippen LogP contribution in [0.3, 0.4) is 0 Å². The molecule has 0 aliphatic heterocycles. The molecule has 8 nitrogen and oxygen atoms in total. The fourth-order valence-electron chi connectivity index (χ4n) is 4.10. The number of benzene rings is 1. The molecule has 0 atom stereocenters. The molecule has 32 heavy (non-hydrogen) atoms. The van der Waals surface area contributed by atoms with Gasteiger partial charge in [0.1, 0.15) is 17.1 Å². The number of aromatic carboxylic acids is 1. The number of carboxylic acids is 1. The second kappa shape index (κ2) is 7.09. The minimum Gasteiger partial charge on any atom is -0.477 e. The van der Waals surface area contributed by atoms with E-state index in [1.807, 2.05) is 0 Å². The highest BCUT2D eigenvalue weighted by molar-refractivity contribution is 6.17. The number of carboxylic acid groups (broad SMARTS) is 1. The predicted molar refractivity (Wildman–Crippen MR) is 116 cm³/mol. The number of hydrogen-bond donors (Lipinski definition) is 3. The lowest BCUT2D eigenvalue weighted by Crippen LogP contribution is -2.15. The van der Waals surface area contributed by atoms with E-state index in [0.717, 1.165) is 5.56 Å². The van der Waals surface area contributed by atoms with Gasteiger partial charge in [0.2, 0.25) is 5.56 Å². The van der Waals surface area contributed by atoms with Gasteiger partial charge >= 0.3 is 5.97 Å². The van der Waals surface area contributed by atoms with E-state index < -0.39 is 17.3 Å². The minimum absolute atomic E-state index is 0.0235. The number of aromatic amines is 2. The van der Waals surface area contributed by atoms with E-state index >= 15 is 0 Å². The number of nitrogens with one attached hydrogen (secondary N) is 2. The van der Waals surface area contributed by atoms with Crippen molar-refractivity contribution in [3.05, 3.63) is 92.3 Å². The largest absolute Gasteiger partial charge is 0.477 e. The maximum absolute atomic E-state index is 14.9. The van der Waals surface area contributed by atoms with Crippen molar-refractivity contribution >= 4 is 27.8 Å². The van der Waals surface area contributed by atoms with Gasteiger partial charge in [0.15, 0.2) is 0 Å². The highest BCUT2D eigenvalue weighted by Crippen LogP contribution is 2.40. The zero-order valence-corrected chi connectivity index (χ0v) is 16.7. The number of hydrogen-bond acceptors (Lipinski definition) is 4. The summed E-state index contributed by atoms with van der Waals surface area (Å²) in [5.41, 5.74) is 0.839. The highest BCUT2D eigenvalue weighted by Gasteiger charge is 2.29. The molecule has 0 aliphatic carbocycles. The van der Waals surface area contributed by atoms with Crippen LogP contribution in [0, 0.1) is 12.7 Å². The van der Waals surface area contributed by atoms with Gasteiger partial charge in [-0.3, -0.25) is 9.59 Å². The fraction of sp³-hybridized carbons (Fsp3) is 0.0870. The van der Waals surface area contributed by atoms with E-state index in [4.69, 9.17) is 4.42 Å². The molecule has 0 amide bonds. The quantitative estimate of drug-likeness (QED) is 0.400. The van der Waals surface area contributed by atoms with E-state index in [-0.39, 0.29) is 45.4 Å². The molecule has 0 radical (unpaired) electrons. The SMILES string of the molecule is Cc1c[nH]c(=O)cc1Cn1c(C(=O)O)c(-c2ccc[nH]c2=O)c2c3occc3c(F)cc21. The molecule has 160 valence electrons. The van der Waals surface area contributed by atoms with E-state index in [1.54, 1.807) is 13.0 Å². The number of halogens is 1. The van der Waals surface area contributed by atoms with Crippen LogP contribution in [0.25, 0.3) is 33.0 Å². The molecule has 0 unspecified atom stereocenters. The molecule has 3 N–H and O–H groups in total. The van der Waals surface area contributed by atoms with Crippen molar-refractivity contribution in [1.29, 1.82) is 0 Å². The van der Waals surface area contributed by atoms with Crippen molar-refractivity contribution in [3.63, 3.8) is 0 Å². The summed E-state index contributed by atoms with van der Waals surface area (Å²) in [7, 11) is 0. The highest BCUT2D eigenvalue weighted by atomic mass is 19.1. The second-order valence-electron chi connectivity index (χ2n) is 7.45. The van der Waals surface area contributed by atoms with Crippen molar-refractivity contribution in [2.24, 2.45) is 0 Å². The minimum atomic E-state index is -1.30. The number of fused-ring (bicyclic) bond motifs is 3. The van der Waals surface area contributed by atoms with Gasteiger partial charge in [-0.15, -0.1) is 0 Å². The Morgan fingerprint density at radius 3 is 2.78 bits per heavy atom. The third-order valence-electron chi connectivity index (χ3n) is 5.58. The van der Waals surface area contributed by atoms with Crippen LogP contribution in [0.2, 0.25) is 0 Å². The topological polar surface area (TPSA) is 121 Å². The van der Waals surface area contributed by atoms with Gasteiger partial charge < -0.3 is 24.1 Å². The molecule has 5 rings (SSSR count). The van der Waals surface area contributed by atoms with E-state index in [9.17, 15) is 23.9 Å². The number of aromatic nitrogens is 3. The molecular weight excluding hydrogens is 417 g/mol. The number of H-pyrrole nitrogens is 2. The third kappa shape index (κ3) is 2.86. The van der Waals surface area contributed by atoms with Crippen molar-refractivity contribution in [2.45, 2.75) is 13.5 Å². The van der Waals surface area contributed by atoms with Crippen LogP contribution in [-0.4, -0.2) is 25.6 Å². The summed E-state index contributed by atoms with van der Waals surface area (Å²) in [4.78, 5) is 42.1. The summed E-state index contributed by atoms with van der Waals surface area (Å²) >= 11 is 0. The van der Waals surface area contributed by atoms with Gasteiger partial charge in [-0.25, -0.2) is 9.18 Å². The molecule has 5 aromatic rings. The van der Waals surface area contributed by atoms with Crippen LogP contribution in [0.15, 0.2) is 63.0 Å². The predicted octanol–water partition coefficient (Wildman–Crippen LogP) is 3.63. The first-order valence-corrected chi connectivity index (χ1v) is 9.68. The molecule has 0 fully saturated rings. The normalized spacial score (nSPS) is 11.4. The number of aryl methyl sites for hydroxylation is 1. The molecular formula is C23H16FN3O5. The lowest BCUT2D eigenvalue weighted by atomic mass is 10.0. The number of carbonyl (C=O) groups is 1. The van der Waals surface area contributed by atoms with Gasteiger partial charge in [-0.1, -0.05) is 0 Å². The van der Waals surface area contributed by atoms with E-state index in [0.29, 0.717) is 10.9 Å². The Hall–Kier alpha value is -4.40. The van der Waals surface area contributed by atoms with Crippen molar-refractivity contribution < 1.29 is 18.7 Å². The van der Waals surface area contributed by atoms with Crippen molar-refractivity contribution in [1.82, 2.24) is 14.5 Å². The molecule has 9 heteroatoms. The van der Waals surface area contributed by atoms with Gasteiger partial charge in [-0.05, 0) is 42.3 Å². The Morgan fingerprint density at radius 2 is 2.03 bits per heavy atom. The molecule has 0 saturated carbocycles. The Labute approximate surface area is 178 Å². The van der Waals surface area contributed by atoms with Gasteiger partial charge in [0.25, 0.3) is 5.56 Å². The Morgan fingerprint density at radius 1 is 1.22 bits per heavy atom. The van der Waals surface area contributed by atoms with Crippen molar-refractivity contribution in [3.8, 4) is 11.1 Å². The molecule has 4 heterocycles. The summed E-state index contributed by atoms with van der Waals surface area (Å²) in [5.74, 6) is -1.89. The van der Waals surface area contributed by atoms with Gasteiger partial charge in [0.05, 0.1) is 28.1 Å². The van der Waals surface area contributed by atoms with E-state index in [1.165, 1.54) is 47.5 Å². The number of pyridine rings is 2. The van der Waals surface area contributed by atoms with Gasteiger partial charge in [0, 0.05) is 30.6 Å². The van der Waals surface area contributed by atoms with Crippen LogP contribution >= 0.6 is 0 Å². The monoisotopic (exact) mass is 433 g/mol. The standard InChI is InChI=1S/C23H16FN3O5/c1-11-9-26-17(28)7-12(11)10-27-16-8-15(24)13-4-6-32-21(13)19(16)18(20(27)23(30)31)14-3-2-5-25-22(14)29/h2-9H,10H2,1H3,(H,25,29)(H,26,28)(H,30,31). The molecule has 4 aromatic heterocycles. The maximum Gasteiger partial charge on any atom is 0.353 e. The van der Waals surface area contributed by atoms with Crippen LogP contribution in [0.5, 0.6) is 0 Å². The fourth-order valence-corrected chi connectivity index (χ4v) is 4.10. The summed E-state index contributed by atoms with van der Waals surface area (Å²) in [6, 6.07) is 7.12. The molecule has 0 bridgehead atoms. The van der Waals surface area contributed by atoms with Gasteiger partial charge in [-0.2, -0.15) is 0 Å². The lowest BCUT2D eigenvalue weighted by Gasteiger charge is -2.11. The molecule has 1 aromatic carbocycles.